The van der Waals surface area contributed by atoms with Crippen molar-refractivity contribution in [3.63, 3.8) is 0 Å². The van der Waals surface area contributed by atoms with Gasteiger partial charge in [-0.15, -0.1) is 0 Å². The Hall–Kier alpha value is -3.18. The minimum atomic E-state index is 0.507. The summed E-state index contributed by atoms with van der Waals surface area (Å²) >= 11 is 6.51. The van der Waals surface area contributed by atoms with E-state index < -0.39 is 0 Å². The highest BCUT2D eigenvalue weighted by atomic mass is 35.5. The maximum Gasteiger partial charge on any atom is 0.227 e. The van der Waals surface area contributed by atoms with Crippen LogP contribution in [-0.4, -0.2) is 22.7 Å². The first kappa shape index (κ1) is 19.2. The second-order valence-electron chi connectivity index (χ2n) is 7.02. The van der Waals surface area contributed by atoms with Crippen LogP contribution >= 0.6 is 11.6 Å². The molecular formula is C23H22ClN5. The Morgan fingerprint density at radius 1 is 1.10 bits per heavy atom. The first-order valence-electron chi connectivity index (χ1n) is 9.51. The van der Waals surface area contributed by atoms with Crippen LogP contribution in [0.3, 0.4) is 0 Å². The quantitative estimate of drug-likeness (QED) is 0.557. The van der Waals surface area contributed by atoms with Crippen molar-refractivity contribution < 1.29 is 0 Å². The van der Waals surface area contributed by atoms with Gasteiger partial charge < -0.3 is 16.0 Å². The van der Waals surface area contributed by atoms with Crippen molar-refractivity contribution in [3.8, 4) is 0 Å². The van der Waals surface area contributed by atoms with E-state index in [0.29, 0.717) is 23.1 Å². The topological polar surface area (TPSA) is 73.7 Å². The lowest BCUT2D eigenvalue weighted by Crippen LogP contribution is -2.20. The third-order valence-corrected chi connectivity index (χ3v) is 5.30. The number of halogens is 1. The molecule has 0 atom stereocenters. The van der Waals surface area contributed by atoms with Gasteiger partial charge in [0.15, 0.2) is 0 Å². The van der Waals surface area contributed by atoms with Gasteiger partial charge in [-0.3, -0.25) is 0 Å². The molecule has 0 fully saturated rings. The van der Waals surface area contributed by atoms with Crippen molar-refractivity contribution in [3.05, 3.63) is 82.1 Å². The van der Waals surface area contributed by atoms with Crippen LogP contribution in [0.1, 0.15) is 28.8 Å². The summed E-state index contributed by atoms with van der Waals surface area (Å²) in [7, 11) is 1.85. The number of aromatic nitrogens is 2. The lowest BCUT2D eigenvalue weighted by atomic mass is 9.87. The summed E-state index contributed by atoms with van der Waals surface area (Å²) in [5.41, 5.74) is 6.84. The lowest BCUT2D eigenvalue weighted by Gasteiger charge is -2.23. The number of hydrogen-bond donors (Lipinski definition) is 3. The highest BCUT2D eigenvalue weighted by Crippen LogP contribution is 2.35. The largest absolute Gasteiger partial charge is 0.387 e. The number of para-hydroxylation sites is 1. The summed E-state index contributed by atoms with van der Waals surface area (Å²) in [5, 5.41) is 15.8. The van der Waals surface area contributed by atoms with Crippen molar-refractivity contribution in [1.82, 2.24) is 15.3 Å². The van der Waals surface area contributed by atoms with Crippen LogP contribution in [0.5, 0.6) is 0 Å². The van der Waals surface area contributed by atoms with E-state index in [2.05, 4.69) is 15.6 Å². The molecule has 0 unspecified atom stereocenters. The normalized spacial score (nSPS) is 14.9. The number of allylic oxidation sites excluding steroid dienone is 1. The van der Waals surface area contributed by atoms with E-state index in [1.54, 1.807) is 0 Å². The van der Waals surface area contributed by atoms with Gasteiger partial charge in [-0.25, -0.2) is 9.97 Å². The first-order chi connectivity index (χ1) is 14.1. The van der Waals surface area contributed by atoms with Crippen molar-refractivity contribution in [2.45, 2.75) is 19.8 Å². The predicted octanol–water partition coefficient (Wildman–Crippen LogP) is 5.24. The molecule has 1 heterocycles. The van der Waals surface area contributed by atoms with Gasteiger partial charge in [0.25, 0.3) is 0 Å². The fraction of sp³-hybridized carbons (Fsp3) is 0.174. The maximum atomic E-state index is 8.65. The van der Waals surface area contributed by atoms with Gasteiger partial charge in [0, 0.05) is 40.8 Å². The molecule has 1 aliphatic carbocycles. The Kier molecular flexibility index (Phi) is 5.32. The fourth-order valence-electron chi connectivity index (χ4n) is 3.54. The number of nitrogens with zero attached hydrogens (tertiary/aromatic N) is 2. The van der Waals surface area contributed by atoms with Crippen molar-refractivity contribution in [2.24, 2.45) is 0 Å². The number of nitrogens with one attached hydrogen (secondary N) is 3. The summed E-state index contributed by atoms with van der Waals surface area (Å²) in [5.74, 6) is 0.507. The number of benzene rings is 2. The van der Waals surface area contributed by atoms with Crippen LogP contribution in [0.2, 0.25) is 5.02 Å². The van der Waals surface area contributed by atoms with Crippen molar-refractivity contribution in [2.75, 3.05) is 12.4 Å². The zero-order chi connectivity index (χ0) is 20.4. The average Bonchev–Trinajstić information content (AvgIpc) is 2.73. The molecule has 146 valence electrons. The minimum Gasteiger partial charge on any atom is -0.387 e. The summed E-state index contributed by atoms with van der Waals surface area (Å²) in [6, 6.07) is 15.7. The summed E-state index contributed by atoms with van der Waals surface area (Å²) in [6.45, 7) is 2.03. The summed E-state index contributed by atoms with van der Waals surface area (Å²) in [6.07, 6.45) is 3.25. The van der Waals surface area contributed by atoms with Crippen molar-refractivity contribution in [1.29, 1.82) is 5.41 Å². The molecule has 0 radical (unpaired) electrons. The molecule has 6 heteroatoms. The highest BCUT2D eigenvalue weighted by molar-refractivity contribution is 6.35. The zero-order valence-corrected chi connectivity index (χ0v) is 17.1. The molecule has 5 nitrogen and oxygen atoms in total. The van der Waals surface area contributed by atoms with Gasteiger partial charge in [0.1, 0.15) is 0 Å². The van der Waals surface area contributed by atoms with Crippen LogP contribution < -0.4 is 10.6 Å². The van der Waals surface area contributed by atoms with Crippen molar-refractivity contribution >= 4 is 40.2 Å². The van der Waals surface area contributed by atoms with E-state index >= 15 is 0 Å². The maximum absolute atomic E-state index is 8.65. The van der Waals surface area contributed by atoms with E-state index in [-0.39, 0.29) is 0 Å². The van der Waals surface area contributed by atoms with Gasteiger partial charge in [-0.05, 0) is 49.6 Å². The van der Waals surface area contributed by atoms with Crippen LogP contribution in [0.4, 0.5) is 11.6 Å². The molecule has 1 aromatic heterocycles. The van der Waals surface area contributed by atoms with Gasteiger partial charge >= 0.3 is 0 Å². The average molecular weight is 404 g/mol. The third kappa shape index (κ3) is 3.87. The number of aryl methyl sites for hydroxylation is 2. The Morgan fingerprint density at radius 3 is 2.66 bits per heavy atom. The van der Waals surface area contributed by atoms with E-state index in [9.17, 15) is 0 Å². The minimum absolute atomic E-state index is 0.507. The smallest absolute Gasteiger partial charge is 0.227 e. The second-order valence-corrected chi connectivity index (χ2v) is 7.43. The fourth-order valence-corrected chi connectivity index (χ4v) is 3.75. The molecule has 0 aliphatic heterocycles. The van der Waals surface area contributed by atoms with E-state index in [1.165, 1.54) is 0 Å². The Balaban J connectivity index is 1.86. The second kappa shape index (κ2) is 8.05. The molecule has 1 aliphatic rings. The number of rotatable bonds is 4. The molecule has 0 saturated heterocycles. The van der Waals surface area contributed by atoms with E-state index in [0.717, 1.165) is 45.8 Å². The van der Waals surface area contributed by atoms with Gasteiger partial charge in [0.05, 0.1) is 11.4 Å². The summed E-state index contributed by atoms with van der Waals surface area (Å²) < 4.78 is 0. The Bertz CT molecular complexity index is 1110. The Morgan fingerprint density at radius 2 is 1.90 bits per heavy atom. The number of anilines is 2. The van der Waals surface area contributed by atoms with Crippen LogP contribution in [0, 0.1) is 12.3 Å². The molecule has 0 amide bonds. The third-order valence-electron chi connectivity index (χ3n) is 4.97. The van der Waals surface area contributed by atoms with Gasteiger partial charge in [0.2, 0.25) is 5.95 Å². The molecule has 3 aromatic rings. The van der Waals surface area contributed by atoms with Crippen LogP contribution in [0.25, 0.3) is 11.3 Å². The van der Waals surface area contributed by atoms with Crippen LogP contribution in [-0.2, 0) is 6.42 Å². The SMILES string of the molecule is CN/C(=C1\C(=N)CCc2cnc(Nc3ccccc3)nc21)c1cc(C)ccc1Cl. The van der Waals surface area contributed by atoms with E-state index in [1.807, 2.05) is 68.7 Å². The predicted molar refractivity (Wildman–Crippen MR) is 120 cm³/mol. The molecule has 4 rings (SSSR count). The van der Waals surface area contributed by atoms with Crippen LogP contribution in [0.15, 0.2) is 54.7 Å². The molecule has 0 saturated carbocycles. The highest BCUT2D eigenvalue weighted by Gasteiger charge is 2.26. The van der Waals surface area contributed by atoms with E-state index in [4.69, 9.17) is 22.0 Å². The monoisotopic (exact) mass is 403 g/mol. The molecule has 0 bridgehead atoms. The molecule has 2 aromatic carbocycles. The molecular weight excluding hydrogens is 382 g/mol. The Labute approximate surface area is 175 Å². The standard InChI is InChI=1S/C23H22ClN5/c1-14-8-10-18(24)17(12-14)22(26-2)20-19(25)11-9-15-13-27-23(29-21(15)20)28-16-6-4-3-5-7-16/h3-8,10,12-13,25-26H,9,11H2,1-2H3,(H,27,28,29)/b22-20+,25-19?. The molecule has 0 spiro atoms. The zero-order valence-electron chi connectivity index (χ0n) is 16.4. The molecule has 3 N–H and O–H groups in total. The van der Waals surface area contributed by atoms with Gasteiger partial charge in [-0.1, -0.05) is 41.4 Å². The van der Waals surface area contributed by atoms with Gasteiger partial charge in [-0.2, -0.15) is 0 Å². The first-order valence-corrected chi connectivity index (χ1v) is 9.89. The number of hydrogen-bond acceptors (Lipinski definition) is 5. The lowest BCUT2D eigenvalue weighted by molar-refractivity contribution is 0.955. The number of fused-ring (bicyclic) bond motifs is 1. The molecule has 29 heavy (non-hydrogen) atoms. The summed E-state index contributed by atoms with van der Waals surface area (Å²) in [4.78, 5) is 9.26.